The minimum Gasteiger partial charge on any atom is -0.294 e. The summed E-state index contributed by atoms with van der Waals surface area (Å²) in [6, 6.07) is 7.03. The van der Waals surface area contributed by atoms with Crippen LogP contribution in [0, 0.1) is 0 Å². The first-order valence-corrected chi connectivity index (χ1v) is 8.69. The van der Waals surface area contributed by atoms with Crippen molar-refractivity contribution in [3.8, 4) is 11.4 Å². The summed E-state index contributed by atoms with van der Waals surface area (Å²) in [6.45, 7) is 1.32. The molecule has 0 unspecified atom stereocenters. The van der Waals surface area contributed by atoms with Crippen molar-refractivity contribution < 1.29 is 13.2 Å². The van der Waals surface area contributed by atoms with Gasteiger partial charge in [-0.15, -0.1) is 5.10 Å². The van der Waals surface area contributed by atoms with Crippen LogP contribution in [0.2, 0.25) is 5.02 Å². The van der Waals surface area contributed by atoms with Gasteiger partial charge in [0.25, 0.3) is 0 Å². The summed E-state index contributed by atoms with van der Waals surface area (Å²) in [5.41, 5.74) is 0.622. The highest BCUT2D eigenvalue weighted by Gasteiger charge is 2.25. The molecule has 2 aromatic rings. The molecule has 1 N–H and O–H groups in total. The zero-order valence-electron chi connectivity index (χ0n) is 12.2. The van der Waals surface area contributed by atoms with Gasteiger partial charge in [-0.1, -0.05) is 23.7 Å². The van der Waals surface area contributed by atoms with Gasteiger partial charge in [0.1, 0.15) is 5.25 Å². The van der Waals surface area contributed by atoms with Crippen LogP contribution in [-0.4, -0.2) is 40.6 Å². The predicted octanol–water partition coefficient (Wildman–Crippen LogP) is 1.51. The molecule has 118 valence electrons. The first kappa shape index (κ1) is 16.4. The number of benzene rings is 1. The number of amides is 1. The number of hydrogen-bond donors (Lipinski definition) is 1. The summed E-state index contributed by atoms with van der Waals surface area (Å²) < 4.78 is 24.1. The summed E-state index contributed by atoms with van der Waals surface area (Å²) in [7, 11) is -1.89. The van der Waals surface area contributed by atoms with Crippen LogP contribution in [0.15, 0.2) is 24.3 Å². The molecule has 0 spiro atoms. The van der Waals surface area contributed by atoms with Crippen molar-refractivity contribution >= 4 is 33.3 Å². The zero-order valence-corrected chi connectivity index (χ0v) is 13.8. The van der Waals surface area contributed by atoms with Gasteiger partial charge >= 0.3 is 0 Å². The molecule has 0 fully saturated rings. The highest BCUT2D eigenvalue weighted by molar-refractivity contribution is 7.92. The van der Waals surface area contributed by atoms with Gasteiger partial charge in [-0.25, -0.2) is 13.1 Å². The third-order valence-electron chi connectivity index (χ3n) is 3.12. The average Bonchev–Trinajstić information content (AvgIpc) is 2.78. The smallest absolute Gasteiger partial charge is 0.244 e. The van der Waals surface area contributed by atoms with Crippen molar-refractivity contribution in [2.75, 3.05) is 11.6 Å². The Morgan fingerprint density at radius 1 is 1.36 bits per heavy atom. The molecule has 0 aliphatic rings. The normalized spacial score (nSPS) is 12.9. The van der Waals surface area contributed by atoms with E-state index in [1.165, 1.54) is 11.6 Å². The molecule has 22 heavy (non-hydrogen) atoms. The van der Waals surface area contributed by atoms with E-state index in [2.05, 4.69) is 15.4 Å². The summed E-state index contributed by atoms with van der Waals surface area (Å²) in [4.78, 5) is 16.1. The minimum atomic E-state index is -3.48. The van der Waals surface area contributed by atoms with Crippen molar-refractivity contribution in [3.05, 3.63) is 29.3 Å². The van der Waals surface area contributed by atoms with E-state index in [0.717, 1.165) is 6.26 Å². The Balaban J connectivity index is 2.28. The number of carbonyl (C=O) groups excluding carboxylic acids is 1. The number of hydrogen-bond acceptors (Lipinski definition) is 5. The second-order valence-corrected chi connectivity index (χ2v) is 7.60. The number of rotatable bonds is 4. The molecule has 0 radical (unpaired) electrons. The van der Waals surface area contributed by atoms with Crippen molar-refractivity contribution in [1.82, 2.24) is 14.8 Å². The topological polar surface area (TPSA) is 93.9 Å². The SMILES string of the molecule is C[C@@H](C(=O)Nc1nc(-c2ccccc2Cl)nn1C)S(C)(=O)=O. The fourth-order valence-electron chi connectivity index (χ4n) is 1.66. The van der Waals surface area contributed by atoms with Crippen LogP contribution < -0.4 is 5.32 Å². The fourth-order valence-corrected chi connectivity index (χ4v) is 2.32. The Bertz CT molecular complexity index is 816. The number of aromatic nitrogens is 3. The predicted molar refractivity (Wildman–Crippen MR) is 84.4 cm³/mol. The molecular weight excluding hydrogens is 328 g/mol. The van der Waals surface area contributed by atoms with E-state index in [9.17, 15) is 13.2 Å². The second kappa shape index (κ2) is 6.05. The van der Waals surface area contributed by atoms with Crippen LogP contribution in [0.3, 0.4) is 0 Å². The van der Waals surface area contributed by atoms with Gasteiger partial charge in [0, 0.05) is 18.9 Å². The maximum atomic E-state index is 11.9. The lowest BCUT2D eigenvalue weighted by molar-refractivity contribution is -0.115. The van der Waals surface area contributed by atoms with E-state index in [1.807, 2.05) is 0 Å². The maximum Gasteiger partial charge on any atom is 0.244 e. The van der Waals surface area contributed by atoms with Gasteiger partial charge in [0.2, 0.25) is 11.9 Å². The van der Waals surface area contributed by atoms with Gasteiger partial charge in [-0.2, -0.15) is 4.98 Å². The molecule has 1 aromatic heterocycles. The van der Waals surface area contributed by atoms with Gasteiger partial charge in [-0.3, -0.25) is 10.1 Å². The molecule has 9 heteroatoms. The van der Waals surface area contributed by atoms with Crippen LogP contribution >= 0.6 is 11.6 Å². The monoisotopic (exact) mass is 342 g/mol. The third kappa shape index (κ3) is 3.45. The largest absolute Gasteiger partial charge is 0.294 e. The lowest BCUT2D eigenvalue weighted by Gasteiger charge is -2.08. The molecule has 0 aliphatic heterocycles. The standard InChI is InChI=1S/C13H15ClN4O3S/c1-8(22(3,20)21)12(19)16-13-15-11(17-18(13)2)9-6-4-5-7-10(9)14/h4-8H,1-3H3,(H,15,16,17,19)/t8-/m0/s1. The Kier molecular flexibility index (Phi) is 4.52. The highest BCUT2D eigenvalue weighted by atomic mass is 35.5. The first-order chi connectivity index (χ1) is 10.2. The average molecular weight is 343 g/mol. The number of aryl methyl sites for hydroxylation is 1. The Morgan fingerprint density at radius 2 is 2.00 bits per heavy atom. The van der Waals surface area contributed by atoms with Gasteiger partial charge in [0.15, 0.2) is 15.7 Å². The molecule has 1 amide bonds. The second-order valence-electron chi connectivity index (χ2n) is 4.82. The molecule has 0 aliphatic carbocycles. The summed E-state index contributed by atoms with van der Waals surface area (Å²) in [6.07, 6.45) is 1.00. The Morgan fingerprint density at radius 3 is 2.59 bits per heavy atom. The Hall–Kier alpha value is -1.93. The van der Waals surface area contributed by atoms with E-state index in [4.69, 9.17) is 11.6 Å². The fraction of sp³-hybridized carbons (Fsp3) is 0.308. The van der Waals surface area contributed by atoms with E-state index in [-0.39, 0.29) is 5.95 Å². The zero-order chi connectivity index (χ0) is 16.5. The van der Waals surface area contributed by atoms with E-state index in [0.29, 0.717) is 16.4 Å². The van der Waals surface area contributed by atoms with Crippen molar-refractivity contribution in [1.29, 1.82) is 0 Å². The van der Waals surface area contributed by atoms with Gasteiger partial charge in [0.05, 0.1) is 5.02 Å². The molecule has 1 atom stereocenters. The molecule has 1 aromatic carbocycles. The number of nitrogens with one attached hydrogen (secondary N) is 1. The number of sulfone groups is 1. The van der Waals surface area contributed by atoms with Crippen molar-refractivity contribution in [2.45, 2.75) is 12.2 Å². The van der Waals surface area contributed by atoms with E-state index >= 15 is 0 Å². The molecule has 0 saturated carbocycles. The number of anilines is 1. The summed E-state index contributed by atoms with van der Waals surface area (Å²) in [5.74, 6) is -0.172. The molecule has 0 saturated heterocycles. The Labute approximate surface area is 133 Å². The third-order valence-corrected chi connectivity index (χ3v) is 4.95. The number of halogens is 1. The lowest BCUT2D eigenvalue weighted by atomic mass is 10.2. The molecule has 7 nitrogen and oxygen atoms in total. The summed E-state index contributed by atoms with van der Waals surface area (Å²) in [5, 5.41) is 5.94. The van der Waals surface area contributed by atoms with Gasteiger partial charge in [-0.05, 0) is 19.1 Å². The van der Waals surface area contributed by atoms with E-state index in [1.54, 1.807) is 31.3 Å². The molecule has 2 rings (SSSR count). The maximum absolute atomic E-state index is 11.9. The highest BCUT2D eigenvalue weighted by Crippen LogP contribution is 2.25. The number of carbonyl (C=O) groups is 1. The van der Waals surface area contributed by atoms with Crippen LogP contribution in [-0.2, 0) is 21.7 Å². The molecule has 1 heterocycles. The molecular formula is C13H15ClN4O3S. The van der Waals surface area contributed by atoms with Crippen molar-refractivity contribution in [3.63, 3.8) is 0 Å². The van der Waals surface area contributed by atoms with Crippen molar-refractivity contribution in [2.24, 2.45) is 7.05 Å². The van der Waals surface area contributed by atoms with Gasteiger partial charge < -0.3 is 0 Å². The van der Waals surface area contributed by atoms with Crippen LogP contribution in [0.5, 0.6) is 0 Å². The van der Waals surface area contributed by atoms with E-state index < -0.39 is 21.0 Å². The lowest BCUT2D eigenvalue weighted by Crippen LogP contribution is -2.32. The summed E-state index contributed by atoms with van der Waals surface area (Å²) >= 11 is 6.08. The van der Waals surface area contributed by atoms with Crippen LogP contribution in [0.25, 0.3) is 11.4 Å². The quantitative estimate of drug-likeness (QED) is 0.908. The van der Waals surface area contributed by atoms with Crippen LogP contribution in [0.4, 0.5) is 5.95 Å². The first-order valence-electron chi connectivity index (χ1n) is 6.36. The molecule has 0 bridgehead atoms. The number of nitrogens with zero attached hydrogens (tertiary/aromatic N) is 3. The minimum absolute atomic E-state index is 0.149. The van der Waals surface area contributed by atoms with Crippen LogP contribution in [0.1, 0.15) is 6.92 Å².